The van der Waals surface area contributed by atoms with E-state index >= 15 is 0 Å². The monoisotopic (exact) mass is 399 g/mol. The van der Waals surface area contributed by atoms with Crippen molar-refractivity contribution >= 4 is 10.0 Å². The van der Waals surface area contributed by atoms with Crippen molar-refractivity contribution in [2.75, 3.05) is 7.11 Å². The Hall–Kier alpha value is -2.64. The van der Waals surface area contributed by atoms with Crippen molar-refractivity contribution in [3.05, 3.63) is 72.1 Å². The molecule has 7 heteroatoms. The topological polar surface area (TPSA) is 73.2 Å². The van der Waals surface area contributed by atoms with E-state index < -0.39 is 15.4 Å². The number of nitrogens with one attached hydrogen (secondary N) is 1. The van der Waals surface area contributed by atoms with Gasteiger partial charge in [-0.3, -0.25) is 0 Å². The summed E-state index contributed by atoms with van der Waals surface area (Å²) in [6.07, 6.45) is 1.57. The summed E-state index contributed by atoms with van der Waals surface area (Å²) >= 11 is 0. The summed E-state index contributed by atoms with van der Waals surface area (Å²) in [5, 5.41) is 4.58. The molecule has 0 bridgehead atoms. The SMILES string of the molecule is COc1ccccc1CNS(=O)(=O)c1cn(-c2ccccc2)nc1C(C)(C)C. The second-order valence-corrected chi connectivity index (χ2v) is 9.24. The van der Waals surface area contributed by atoms with Gasteiger partial charge in [0.15, 0.2) is 0 Å². The van der Waals surface area contributed by atoms with Crippen LogP contribution in [0.25, 0.3) is 5.69 Å². The minimum Gasteiger partial charge on any atom is -0.496 e. The van der Waals surface area contributed by atoms with E-state index in [0.29, 0.717) is 11.4 Å². The fourth-order valence-electron chi connectivity index (χ4n) is 2.89. The number of sulfonamides is 1. The first-order chi connectivity index (χ1) is 13.2. The maximum Gasteiger partial charge on any atom is 0.244 e. The molecule has 3 rings (SSSR count). The van der Waals surface area contributed by atoms with Crippen molar-refractivity contribution in [1.29, 1.82) is 0 Å². The van der Waals surface area contributed by atoms with Gasteiger partial charge in [0.1, 0.15) is 10.6 Å². The van der Waals surface area contributed by atoms with Gasteiger partial charge in [-0.05, 0) is 18.2 Å². The van der Waals surface area contributed by atoms with Gasteiger partial charge in [0.2, 0.25) is 10.0 Å². The van der Waals surface area contributed by atoms with Gasteiger partial charge in [0.05, 0.1) is 24.7 Å². The van der Waals surface area contributed by atoms with Crippen LogP contribution in [0.4, 0.5) is 0 Å². The van der Waals surface area contributed by atoms with Crippen molar-refractivity contribution in [2.24, 2.45) is 0 Å². The first-order valence-electron chi connectivity index (χ1n) is 8.99. The lowest BCUT2D eigenvalue weighted by molar-refractivity contribution is 0.409. The van der Waals surface area contributed by atoms with Gasteiger partial charge in [-0.2, -0.15) is 5.10 Å². The molecule has 0 unspecified atom stereocenters. The summed E-state index contributed by atoms with van der Waals surface area (Å²) in [7, 11) is -2.21. The van der Waals surface area contributed by atoms with Gasteiger partial charge in [0, 0.05) is 17.5 Å². The Balaban J connectivity index is 1.97. The molecule has 6 nitrogen and oxygen atoms in total. The fourth-order valence-corrected chi connectivity index (χ4v) is 4.23. The second-order valence-electron chi connectivity index (χ2n) is 7.51. The molecule has 2 aromatic carbocycles. The van der Waals surface area contributed by atoms with Gasteiger partial charge >= 0.3 is 0 Å². The van der Waals surface area contributed by atoms with Crippen molar-refractivity contribution in [1.82, 2.24) is 14.5 Å². The van der Waals surface area contributed by atoms with Crippen LogP contribution in [0.1, 0.15) is 32.0 Å². The number of aromatic nitrogens is 2. The molecule has 0 aliphatic rings. The zero-order valence-electron chi connectivity index (χ0n) is 16.5. The van der Waals surface area contributed by atoms with Gasteiger partial charge in [0.25, 0.3) is 0 Å². The summed E-state index contributed by atoms with van der Waals surface area (Å²) < 4.78 is 35.8. The molecule has 28 heavy (non-hydrogen) atoms. The highest BCUT2D eigenvalue weighted by Crippen LogP contribution is 2.29. The van der Waals surface area contributed by atoms with Crippen LogP contribution in [0.5, 0.6) is 5.75 Å². The molecule has 0 saturated carbocycles. The first kappa shape index (κ1) is 20.1. The van der Waals surface area contributed by atoms with Crippen LogP contribution in [0, 0.1) is 0 Å². The number of hydrogen-bond donors (Lipinski definition) is 1. The Bertz CT molecular complexity index is 1050. The molecule has 0 aliphatic carbocycles. The average Bonchev–Trinajstić information content (AvgIpc) is 3.14. The third-order valence-corrected chi connectivity index (χ3v) is 5.75. The molecule has 0 fully saturated rings. The Morgan fingerprint density at radius 1 is 1.04 bits per heavy atom. The number of rotatable bonds is 6. The third kappa shape index (κ3) is 4.26. The number of benzene rings is 2. The van der Waals surface area contributed by atoms with Crippen molar-refractivity contribution in [3.63, 3.8) is 0 Å². The van der Waals surface area contributed by atoms with Crippen LogP contribution < -0.4 is 9.46 Å². The summed E-state index contributed by atoms with van der Waals surface area (Å²) in [5.74, 6) is 0.640. The summed E-state index contributed by atoms with van der Waals surface area (Å²) in [6.45, 7) is 5.98. The Morgan fingerprint density at radius 3 is 2.32 bits per heavy atom. The molecule has 0 saturated heterocycles. The van der Waals surface area contributed by atoms with Crippen LogP contribution in [0.3, 0.4) is 0 Å². The van der Waals surface area contributed by atoms with Crippen molar-refractivity contribution in [2.45, 2.75) is 37.6 Å². The van der Waals surface area contributed by atoms with Crippen molar-refractivity contribution < 1.29 is 13.2 Å². The van der Waals surface area contributed by atoms with E-state index in [1.165, 1.54) is 0 Å². The highest BCUT2D eigenvalue weighted by Gasteiger charge is 2.30. The van der Waals surface area contributed by atoms with Gasteiger partial charge < -0.3 is 4.74 Å². The molecular formula is C21H25N3O3S. The highest BCUT2D eigenvalue weighted by atomic mass is 32.2. The zero-order valence-corrected chi connectivity index (χ0v) is 17.3. The summed E-state index contributed by atoms with van der Waals surface area (Å²) in [6, 6.07) is 16.8. The first-order valence-corrected chi connectivity index (χ1v) is 10.5. The van der Waals surface area contributed by atoms with Crippen LogP contribution in [-0.2, 0) is 22.0 Å². The number of para-hydroxylation sites is 2. The minimum atomic E-state index is -3.77. The van der Waals surface area contributed by atoms with E-state index in [2.05, 4.69) is 9.82 Å². The minimum absolute atomic E-state index is 0.131. The molecule has 0 radical (unpaired) electrons. The Kier molecular flexibility index (Phi) is 5.58. The van der Waals surface area contributed by atoms with E-state index in [0.717, 1.165) is 11.3 Å². The Labute approximate surface area is 166 Å². The van der Waals surface area contributed by atoms with Crippen LogP contribution in [-0.4, -0.2) is 25.3 Å². The molecule has 1 N–H and O–H groups in total. The largest absolute Gasteiger partial charge is 0.496 e. The second kappa shape index (κ2) is 7.77. The van der Waals surface area contributed by atoms with Gasteiger partial charge in [-0.1, -0.05) is 57.2 Å². The lowest BCUT2D eigenvalue weighted by Gasteiger charge is -2.17. The molecular weight excluding hydrogens is 374 g/mol. The molecule has 148 valence electrons. The maximum atomic E-state index is 13.1. The standard InChI is InChI=1S/C21H25N3O3S/c1-21(2,3)20-19(15-24(23-20)17-11-6-5-7-12-17)28(25,26)22-14-16-10-8-9-13-18(16)27-4/h5-13,15,22H,14H2,1-4H3. The molecule has 3 aromatic rings. The van der Waals surface area contributed by atoms with Gasteiger partial charge in [-0.25, -0.2) is 17.8 Å². The van der Waals surface area contributed by atoms with E-state index in [4.69, 9.17) is 4.74 Å². The predicted molar refractivity (Wildman–Crippen MR) is 109 cm³/mol. The van der Waals surface area contributed by atoms with E-state index in [1.54, 1.807) is 24.1 Å². The quantitative estimate of drug-likeness (QED) is 0.687. The van der Waals surface area contributed by atoms with E-state index in [-0.39, 0.29) is 11.4 Å². The number of hydrogen-bond acceptors (Lipinski definition) is 4. The van der Waals surface area contributed by atoms with Crippen LogP contribution in [0.15, 0.2) is 65.7 Å². The molecule has 1 aromatic heterocycles. The molecule has 0 atom stereocenters. The Morgan fingerprint density at radius 2 is 1.68 bits per heavy atom. The fraction of sp³-hybridized carbons (Fsp3) is 0.286. The van der Waals surface area contributed by atoms with Gasteiger partial charge in [-0.15, -0.1) is 0 Å². The normalized spacial score (nSPS) is 12.1. The number of ether oxygens (including phenoxy) is 1. The average molecular weight is 400 g/mol. The molecule has 0 spiro atoms. The van der Waals surface area contributed by atoms with E-state index in [1.807, 2.05) is 69.3 Å². The zero-order chi connectivity index (χ0) is 20.4. The van der Waals surface area contributed by atoms with Crippen LogP contribution >= 0.6 is 0 Å². The number of methoxy groups -OCH3 is 1. The lowest BCUT2D eigenvalue weighted by Crippen LogP contribution is -2.26. The summed E-state index contributed by atoms with van der Waals surface area (Å²) in [5.41, 5.74) is 1.65. The predicted octanol–water partition coefficient (Wildman–Crippen LogP) is 3.66. The number of nitrogens with zero attached hydrogens (tertiary/aromatic N) is 2. The summed E-state index contributed by atoms with van der Waals surface area (Å²) in [4.78, 5) is 0.179. The maximum absolute atomic E-state index is 13.1. The smallest absolute Gasteiger partial charge is 0.244 e. The molecule has 0 amide bonds. The van der Waals surface area contributed by atoms with Crippen molar-refractivity contribution in [3.8, 4) is 11.4 Å². The molecule has 1 heterocycles. The molecule has 0 aliphatic heterocycles. The van der Waals surface area contributed by atoms with Crippen LogP contribution in [0.2, 0.25) is 0 Å². The third-order valence-electron chi connectivity index (χ3n) is 4.35. The van der Waals surface area contributed by atoms with E-state index in [9.17, 15) is 8.42 Å². The lowest BCUT2D eigenvalue weighted by atomic mass is 9.92. The highest BCUT2D eigenvalue weighted by molar-refractivity contribution is 7.89.